The molecule has 1 heterocycles. The van der Waals surface area contributed by atoms with Gasteiger partial charge in [0.1, 0.15) is 6.26 Å². The van der Waals surface area contributed by atoms with E-state index in [1.54, 1.807) is 24.7 Å². The number of rotatable bonds is 3. The van der Waals surface area contributed by atoms with Crippen molar-refractivity contribution in [2.24, 2.45) is 0 Å². The first-order chi connectivity index (χ1) is 7.66. The number of furan rings is 1. The van der Waals surface area contributed by atoms with Crippen molar-refractivity contribution in [3.05, 3.63) is 61.6 Å². The fraction of sp³-hybridized carbons (Fsp3) is 0.0909. The van der Waals surface area contributed by atoms with Crippen LogP contribution in [0, 0.1) is 13.7 Å². The number of hydrogen-bond acceptors (Lipinski definition) is 3. The first-order valence-electron chi connectivity index (χ1n) is 4.60. The summed E-state index contributed by atoms with van der Waals surface area (Å²) < 4.78 is 6.13. The second-order valence-corrected chi connectivity index (χ2v) is 4.51. The monoisotopic (exact) mass is 329 g/mol. The number of benzene rings is 1. The molecule has 0 aliphatic heterocycles. The van der Waals surface area contributed by atoms with Crippen LogP contribution in [-0.4, -0.2) is 4.92 Å². The summed E-state index contributed by atoms with van der Waals surface area (Å²) in [4.78, 5) is 10.1. The number of halogens is 1. The lowest BCUT2D eigenvalue weighted by molar-refractivity contribution is -0.384. The molecule has 0 amide bonds. The van der Waals surface area contributed by atoms with Crippen molar-refractivity contribution < 1.29 is 9.34 Å². The molecule has 5 heteroatoms. The summed E-state index contributed by atoms with van der Waals surface area (Å²) in [7, 11) is 0. The van der Waals surface area contributed by atoms with Crippen LogP contribution in [0.3, 0.4) is 0 Å². The van der Waals surface area contributed by atoms with E-state index in [1.165, 1.54) is 12.1 Å². The third kappa shape index (κ3) is 2.41. The topological polar surface area (TPSA) is 56.3 Å². The number of nitro benzene ring substituents is 1. The van der Waals surface area contributed by atoms with Crippen LogP contribution >= 0.6 is 22.6 Å². The van der Waals surface area contributed by atoms with E-state index >= 15 is 0 Å². The van der Waals surface area contributed by atoms with Crippen molar-refractivity contribution in [3.8, 4) is 0 Å². The summed E-state index contributed by atoms with van der Waals surface area (Å²) in [5.41, 5.74) is 2.24. The van der Waals surface area contributed by atoms with E-state index in [9.17, 15) is 10.1 Å². The van der Waals surface area contributed by atoms with Gasteiger partial charge >= 0.3 is 0 Å². The van der Waals surface area contributed by atoms with Crippen LogP contribution < -0.4 is 0 Å². The Kier molecular flexibility index (Phi) is 3.23. The van der Waals surface area contributed by atoms with Gasteiger partial charge in [0.25, 0.3) is 5.69 Å². The average molecular weight is 329 g/mol. The van der Waals surface area contributed by atoms with Gasteiger partial charge in [-0.2, -0.15) is 0 Å². The molecule has 0 saturated carbocycles. The number of nitrogens with zero attached hydrogens (tertiary/aromatic N) is 1. The lowest BCUT2D eigenvalue weighted by atomic mass is 10.1. The minimum Gasteiger partial charge on any atom is -0.471 e. The highest BCUT2D eigenvalue weighted by Gasteiger charge is 2.06. The Morgan fingerprint density at radius 2 is 1.94 bits per heavy atom. The highest BCUT2D eigenvalue weighted by molar-refractivity contribution is 14.1. The van der Waals surface area contributed by atoms with Crippen molar-refractivity contribution in [3.63, 3.8) is 0 Å². The van der Waals surface area contributed by atoms with Crippen molar-refractivity contribution in [2.45, 2.75) is 6.42 Å². The first-order valence-corrected chi connectivity index (χ1v) is 5.68. The van der Waals surface area contributed by atoms with E-state index in [1.807, 2.05) is 0 Å². The van der Waals surface area contributed by atoms with Crippen molar-refractivity contribution >= 4 is 28.3 Å². The lowest BCUT2D eigenvalue weighted by Crippen LogP contribution is -1.90. The zero-order chi connectivity index (χ0) is 11.5. The summed E-state index contributed by atoms with van der Waals surface area (Å²) in [5.74, 6) is 0. The molecule has 0 aliphatic rings. The second kappa shape index (κ2) is 4.65. The maximum atomic E-state index is 10.5. The van der Waals surface area contributed by atoms with Gasteiger partial charge in [0.2, 0.25) is 0 Å². The van der Waals surface area contributed by atoms with E-state index in [0.29, 0.717) is 0 Å². The van der Waals surface area contributed by atoms with Gasteiger partial charge in [-0.3, -0.25) is 10.1 Å². The largest absolute Gasteiger partial charge is 0.471 e. The number of non-ortho nitro benzene ring substituents is 1. The molecule has 0 saturated heterocycles. The smallest absolute Gasteiger partial charge is 0.269 e. The standard InChI is InChI=1S/C11H8INO3/c12-11-7-16-6-9(11)5-8-1-3-10(4-2-8)13(14)15/h1-4,6-7H,5H2. The predicted molar refractivity (Wildman–Crippen MR) is 67.3 cm³/mol. The van der Waals surface area contributed by atoms with Gasteiger partial charge in [-0.25, -0.2) is 0 Å². The molecule has 1 aromatic heterocycles. The van der Waals surface area contributed by atoms with Gasteiger partial charge in [-0.05, 0) is 28.2 Å². The van der Waals surface area contributed by atoms with Crippen LogP contribution in [0.25, 0.3) is 0 Å². The van der Waals surface area contributed by atoms with Gasteiger partial charge in [0, 0.05) is 24.1 Å². The van der Waals surface area contributed by atoms with Crippen LogP contribution in [0.15, 0.2) is 41.2 Å². The van der Waals surface area contributed by atoms with Crippen molar-refractivity contribution in [2.75, 3.05) is 0 Å². The molecule has 1 aromatic carbocycles. The number of hydrogen-bond donors (Lipinski definition) is 0. The molecule has 0 radical (unpaired) electrons. The molecule has 82 valence electrons. The summed E-state index contributed by atoms with van der Waals surface area (Å²) in [6.07, 6.45) is 4.11. The fourth-order valence-electron chi connectivity index (χ4n) is 1.39. The molecule has 16 heavy (non-hydrogen) atoms. The van der Waals surface area contributed by atoms with Gasteiger partial charge < -0.3 is 4.42 Å². The Bertz CT molecular complexity index is 504. The minimum absolute atomic E-state index is 0.116. The zero-order valence-corrected chi connectivity index (χ0v) is 10.4. The van der Waals surface area contributed by atoms with E-state index in [-0.39, 0.29) is 5.69 Å². The Morgan fingerprint density at radius 1 is 1.25 bits per heavy atom. The number of nitro groups is 1. The quantitative estimate of drug-likeness (QED) is 0.493. The predicted octanol–water partition coefficient (Wildman–Crippen LogP) is 3.38. The van der Waals surface area contributed by atoms with Crippen LogP contribution in [0.2, 0.25) is 0 Å². The van der Waals surface area contributed by atoms with Crippen molar-refractivity contribution in [1.29, 1.82) is 0 Å². The molecule has 0 fully saturated rings. The first kappa shape index (κ1) is 11.1. The lowest BCUT2D eigenvalue weighted by Gasteiger charge is -1.99. The molecule has 2 rings (SSSR count). The SMILES string of the molecule is O=[N+]([O-])c1ccc(Cc2cocc2I)cc1. The van der Waals surface area contributed by atoms with Crippen LogP contribution in [0.1, 0.15) is 11.1 Å². The molecule has 0 N–H and O–H groups in total. The third-order valence-corrected chi connectivity index (χ3v) is 3.18. The summed E-state index contributed by atoms with van der Waals surface area (Å²) in [5, 5.41) is 10.5. The van der Waals surface area contributed by atoms with E-state index in [4.69, 9.17) is 4.42 Å². The van der Waals surface area contributed by atoms with Crippen LogP contribution in [-0.2, 0) is 6.42 Å². The third-order valence-electron chi connectivity index (χ3n) is 2.23. The highest BCUT2D eigenvalue weighted by atomic mass is 127. The maximum absolute atomic E-state index is 10.5. The minimum atomic E-state index is -0.397. The molecular formula is C11H8INO3. The van der Waals surface area contributed by atoms with E-state index in [0.717, 1.165) is 21.1 Å². The van der Waals surface area contributed by atoms with E-state index < -0.39 is 4.92 Å². The Labute approximate surface area is 106 Å². The fourth-order valence-corrected chi connectivity index (χ4v) is 1.85. The van der Waals surface area contributed by atoms with Gasteiger partial charge in [-0.1, -0.05) is 12.1 Å². The summed E-state index contributed by atoms with van der Waals surface area (Å²) in [6.45, 7) is 0. The van der Waals surface area contributed by atoms with Crippen LogP contribution in [0.4, 0.5) is 5.69 Å². The zero-order valence-electron chi connectivity index (χ0n) is 8.22. The second-order valence-electron chi connectivity index (χ2n) is 3.35. The summed E-state index contributed by atoms with van der Waals surface area (Å²) >= 11 is 2.20. The van der Waals surface area contributed by atoms with Gasteiger partial charge in [-0.15, -0.1) is 0 Å². The molecule has 0 atom stereocenters. The highest BCUT2D eigenvalue weighted by Crippen LogP contribution is 2.19. The molecular weight excluding hydrogens is 321 g/mol. The Hall–Kier alpha value is -1.37. The molecule has 0 aliphatic carbocycles. The average Bonchev–Trinajstić information content (AvgIpc) is 2.65. The normalized spacial score (nSPS) is 10.3. The van der Waals surface area contributed by atoms with Crippen molar-refractivity contribution in [1.82, 2.24) is 0 Å². The van der Waals surface area contributed by atoms with Gasteiger partial charge in [0.15, 0.2) is 0 Å². The van der Waals surface area contributed by atoms with E-state index in [2.05, 4.69) is 22.6 Å². The Balaban J connectivity index is 2.17. The molecule has 0 bridgehead atoms. The van der Waals surface area contributed by atoms with Crippen LogP contribution in [0.5, 0.6) is 0 Å². The molecule has 2 aromatic rings. The molecule has 4 nitrogen and oxygen atoms in total. The molecule has 0 unspecified atom stereocenters. The maximum Gasteiger partial charge on any atom is 0.269 e. The Morgan fingerprint density at radius 3 is 2.44 bits per heavy atom. The van der Waals surface area contributed by atoms with Gasteiger partial charge in [0.05, 0.1) is 14.8 Å². The summed E-state index contributed by atoms with van der Waals surface area (Å²) in [6, 6.07) is 6.56. The molecule has 0 spiro atoms.